The zero-order valence-corrected chi connectivity index (χ0v) is 10.2. The van der Waals surface area contributed by atoms with Gasteiger partial charge < -0.3 is 9.72 Å². The zero-order valence-electron chi connectivity index (χ0n) is 10.2. The van der Waals surface area contributed by atoms with Crippen molar-refractivity contribution in [3.05, 3.63) is 27.4 Å². The molecule has 1 atom stereocenters. The highest BCUT2D eigenvalue weighted by Crippen LogP contribution is 2.33. The number of nitrogens with zero attached hydrogens (tertiary/aromatic N) is 1. The third-order valence-corrected chi connectivity index (χ3v) is 3.91. The third kappa shape index (κ3) is 1.80. The fourth-order valence-electron chi connectivity index (χ4n) is 2.82. The van der Waals surface area contributed by atoms with Crippen molar-refractivity contribution in [1.29, 1.82) is 0 Å². The van der Waals surface area contributed by atoms with Crippen LogP contribution >= 0.6 is 0 Å². The summed E-state index contributed by atoms with van der Waals surface area (Å²) in [5.41, 5.74) is 1.54. The zero-order chi connectivity index (χ0) is 11.9. The average molecular weight is 234 g/mol. The van der Waals surface area contributed by atoms with Crippen molar-refractivity contribution < 1.29 is 4.74 Å². The van der Waals surface area contributed by atoms with Crippen LogP contribution in [0.4, 0.5) is 0 Å². The topological polar surface area (TPSA) is 55.0 Å². The number of hydrogen-bond acceptors (Lipinski definition) is 3. The number of H-pyrrole nitrogens is 1. The molecule has 1 unspecified atom stereocenters. The van der Waals surface area contributed by atoms with E-state index in [0.29, 0.717) is 0 Å². The Morgan fingerprint density at radius 2 is 2.12 bits per heavy atom. The molecule has 1 aromatic rings. The Bertz CT molecular complexity index is 487. The molecule has 1 aromatic heterocycles. The molecule has 2 heterocycles. The maximum Gasteiger partial charge on any atom is 0.254 e. The van der Waals surface area contributed by atoms with Gasteiger partial charge in [0.05, 0.1) is 5.69 Å². The van der Waals surface area contributed by atoms with Crippen molar-refractivity contribution in [2.45, 2.75) is 51.0 Å². The summed E-state index contributed by atoms with van der Waals surface area (Å²) in [4.78, 5) is 19.6. The van der Waals surface area contributed by atoms with Crippen LogP contribution in [0.5, 0.6) is 0 Å². The highest BCUT2D eigenvalue weighted by molar-refractivity contribution is 5.22. The molecule has 0 spiro atoms. The number of aromatic amines is 1. The Labute approximate surface area is 100 Å². The van der Waals surface area contributed by atoms with Crippen LogP contribution in [-0.4, -0.2) is 16.6 Å². The lowest BCUT2D eigenvalue weighted by Crippen LogP contribution is -2.31. The average Bonchev–Trinajstić information content (AvgIpc) is 2.78. The maximum atomic E-state index is 12.0. The second kappa shape index (κ2) is 3.95. The first kappa shape index (κ1) is 11.0. The van der Waals surface area contributed by atoms with Crippen molar-refractivity contribution in [2.24, 2.45) is 0 Å². The smallest absolute Gasteiger partial charge is 0.254 e. The highest BCUT2D eigenvalue weighted by atomic mass is 16.5. The highest BCUT2D eigenvalue weighted by Gasteiger charge is 2.35. The van der Waals surface area contributed by atoms with Crippen molar-refractivity contribution in [1.82, 2.24) is 9.97 Å². The largest absolute Gasteiger partial charge is 0.367 e. The Kier molecular flexibility index (Phi) is 2.54. The molecule has 0 amide bonds. The number of fused-ring (bicyclic) bond motifs is 1. The van der Waals surface area contributed by atoms with E-state index in [9.17, 15) is 4.79 Å². The summed E-state index contributed by atoms with van der Waals surface area (Å²) in [5, 5.41) is 0. The second-order valence-corrected chi connectivity index (χ2v) is 5.23. The van der Waals surface area contributed by atoms with Gasteiger partial charge in [-0.15, -0.1) is 0 Å². The molecular weight excluding hydrogens is 216 g/mol. The first-order valence-electron chi connectivity index (χ1n) is 6.45. The molecule has 92 valence electrons. The van der Waals surface area contributed by atoms with Crippen molar-refractivity contribution in [3.63, 3.8) is 0 Å². The summed E-state index contributed by atoms with van der Waals surface area (Å²) in [7, 11) is 0. The van der Waals surface area contributed by atoms with E-state index in [-0.39, 0.29) is 11.2 Å². The molecule has 1 saturated heterocycles. The molecule has 3 rings (SSSR count). The predicted molar refractivity (Wildman–Crippen MR) is 64.0 cm³/mol. The third-order valence-electron chi connectivity index (χ3n) is 3.91. The summed E-state index contributed by atoms with van der Waals surface area (Å²) in [6.07, 6.45) is 6.02. The van der Waals surface area contributed by atoms with E-state index in [4.69, 9.17) is 4.74 Å². The molecule has 17 heavy (non-hydrogen) atoms. The van der Waals surface area contributed by atoms with Crippen molar-refractivity contribution >= 4 is 0 Å². The number of rotatable bonds is 1. The van der Waals surface area contributed by atoms with E-state index in [1.165, 1.54) is 0 Å². The lowest BCUT2D eigenvalue weighted by atomic mass is 9.95. The van der Waals surface area contributed by atoms with Crippen LogP contribution in [0.1, 0.15) is 49.7 Å². The number of aromatic nitrogens is 2. The number of nitrogens with one attached hydrogen (secondary N) is 1. The molecule has 1 N–H and O–H groups in total. The van der Waals surface area contributed by atoms with Crippen LogP contribution in [-0.2, 0) is 23.2 Å². The lowest BCUT2D eigenvalue weighted by Gasteiger charge is -2.24. The van der Waals surface area contributed by atoms with Crippen LogP contribution in [0, 0.1) is 0 Å². The van der Waals surface area contributed by atoms with E-state index in [1.807, 2.05) is 6.92 Å². The SMILES string of the molecule is CC1(c2nc3c(c(=O)[nH]2)CCCC3)CCCO1. The van der Waals surface area contributed by atoms with Crippen LogP contribution in [0.2, 0.25) is 0 Å². The van der Waals surface area contributed by atoms with E-state index in [1.54, 1.807) is 0 Å². The van der Waals surface area contributed by atoms with E-state index in [0.717, 1.165) is 62.2 Å². The van der Waals surface area contributed by atoms with Gasteiger partial charge in [-0.25, -0.2) is 4.98 Å². The molecule has 1 aliphatic carbocycles. The molecule has 0 radical (unpaired) electrons. The quantitative estimate of drug-likeness (QED) is 0.804. The number of hydrogen-bond donors (Lipinski definition) is 1. The van der Waals surface area contributed by atoms with Gasteiger partial charge >= 0.3 is 0 Å². The van der Waals surface area contributed by atoms with Gasteiger partial charge in [-0.3, -0.25) is 4.79 Å². The van der Waals surface area contributed by atoms with E-state index < -0.39 is 0 Å². The van der Waals surface area contributed by atoms with Crippen molar-refractivity contribution in [3.8, 4) is 0 Å². The molecule has 0 saturated carbocycles. The monoisotopic (exact) mass is 234 g/mol. The summed E-state index contributed by atoms with van der Waals surface area (Å²) >= 11 is 0. The summed E-state index contributed by atoms with van der Waals surface area (Å²) in [6, 6.07) is 0. The normalized spacial score (nSPS) is 28.1. The van der Waals surface area contributed by atoms with Crippen LogP contribution in [0.15, 0.2) is 4.79 Å². The Morgan fingerprint density at radius 3 is 2.88 bits per heavy atom. The lowest BCUT2D eigenvalue weighted by molar-refractivity contribution is 0.00886. The van der Waals surface area contributed by atoms with Gasteiger partial charge in [-0.2, -0.15) is 0 Å². The van der Waals surface area contributed by atoms with Gasteiger partial charge in [0.1, 0.15) is 11.4 Å². The standard InChI is InChI=1S/C13H18N2O2/c1-13(7-4-8-17-13)12-14-10-6-3-2-5-9(10)11(16)15-12/h2-8H2,1H3,(H,14,15,16). The van der Waals surface area contributed by atoms with Gasteiger partial charge in [-0.05, 0) is 45.4 Å². The first-order chi connectivity index (χ1) is 8.19. The van der Waals surface area contributed by atoms with Crippen LogP contribution < -0.4 is 5.56 Å². The Balaban J connectivity index is 2.07. The fraction of sp³-hybridized carbons (Fsp3) is 0.692. The molecule has 1 fully saturated rings. The molecule has 4 nitrogen and oxygen atoms in total. The van der Waals surface area contributed by atoms with Crippen LogP contribution in [0.25, 0.3) is 0 Å². The minimum Gasteiger partial charge on any atom is -0.367 e. The minimum atomic E-state index is -0.383. The molecule has 4 heteroatoms. The molecule has 1 aliphatic heterocycles. The van der Waals surface area contributed by atoms with Gasteiger partial charge in [0, 0.05) is 12.2 Å². The van der Waals surface area contributed by atoms with E-state index >= 15 is 0 Å². The maximum absolute atomic E-state index is 12.0. The summed E-state index contributed by atoms with van der Waals surface area (Å²) < 4.78 is 5.74. The summed E-state index contributed by atoms with van der Waals surface area (Å²) in [6.45, 7) is 2.78. The Hall–Kier alpha value is -1.16. The number of ether oxygens (including phenoxy) is 1. The summed E-state index contributed by atoms with van der Waals surface area (Å²) in [5.74, 6) is 0.723. The minimum absolute atomic E-state index is 0.0430. The molecule has 0 aromatic carbocycles. The van der Waals surface area contributed by atoms with Crippen LogP contribution in [0.3, 0.4) is 0 Å². The Morgan fingerprint density at radius 1 is 1.29 bits per heavy atom. The van der Waals surface area contributed by atoms with Gasteiger partial charge in [0.15, 0.2) is 0 Å². The molecular formula is C13H18N2O2. The second-order valence-electron chi connectivity index (χ2n) is 5.23. The predicted octanol–water partition coefficient (Wildman–Crippen LogP) is 1.67. The molecule has 2 aliphatic rings. The first-order valence-corrected chi connectivity index (χ1v) is 6.45. The van der Waals surface area contributed by atoms with Crippen molar-refractivity contribution in [2.75, 3.05) is 6.61 Å². The molecule has 0 bridgehead atoms. The fourth-order valence-corrected chi connectivity index (χ4v) is 2.82. The van der Waals surface area contributed by atoms with Gasteiger partial charge in [-0.1, -0.05) is 0 Å². The van der Waals surface area contributed by atoms with E-state index in [2.05, 4.69) is 9.97 Å². The van der Waals surface area contributed by atoms with Gasteiger partial charge in [0.2, 0.25) is 0 Å². The van der Waals surface area contributed by atoms with Gasteiger partial charge in [0.25, 0.3) is 5.56 Å². The number of aryl methyl sites for hydroxylation is 1.